The zero-order chi connectivity index (χ0) is 17.2. The van der Waals surface area contributed by atoms with Gasteiger partial charge in [-0.25, -0.2) is 17.6 Å². The van der Waals surface area contributed by atoms with Gasteiger partial charge in [-0.3, -0.25) is 9.59 Å². The maximum atomic E-state index is 13.6. The Morgan fingerprint density at radius 1 is 0.750 bits per heavy atom. The van der Waals surface area contributed by atoms with Gasteiger partial charge in [0, 0.05) is 17.7 Å². The molecule has 1 atom stereocenters. The Hall–Kier alpha value is -3.10. The van der Waals surface area contributed by atoms with Gasteiger partial charge in [-0.05, 0) is 12.1 Å². The highest BCUT2D eigenvalue weighted by Gasteiger charge is 2.52. The van der Waals surface area contributed by atoms with E-state index in [1.807, 2.05) is 0 Å². The summed E-state index contributed by atoms with van der Waals surface area (Å²) in [5.74, 6) is -6.54. The SMILES string of the molecule is O=C1NC2(Nc3cc(F)c(F)cc31)C(=O)Nc1cc(F)c(F)cc12. The zero-order valence-electron chi connectivity index (χ0n) is 11.6. The summed E-state index contributed by atoms with van der Waals surface area (Å²) in [6.45, 7) is 0. The molecule has 0 aromatic heterocycles. The molecule has 1 unspecified atom stereocenters. The normalized spacial score (nSPS) is 21.0. The van der Waals surface area contributed by atoms with Crippen molar-refractivity contribution in [3.63, 3.8) is 0 Å². The largest absolute Gasteiger partial charge is 0.350 e. The number of hydrogen-bond acceptors (Lipinski definition) is 3. The summed E-state index contributed by atoms with van der Waals surface area (Å²) < 4.78 is 53.7. The van der Waals surface area contributed by atoms with E-state index in [0.717, 1.165) is 18.2 Å². The van der Waals surface area contributed by atoms with Crippen molar-refractivity contribution in [3.05, 3.63) is 58.7 Å². The molecule has 0 saturated heterocycles. The fourth-order valence-corrected chi connectivity index (χ4v) is 2.86. The van der Waals surface area contributed by atoms with Gasteiger partial charge in [0.05, 0.1) is 16.9 Å². The molecule has 5 nitrogen and oxygen atoms in total. The van der Waals surface area contributed by atoms with Gasteiger partial charge in [-0.2, -0.15) is 0 Å². The van der Waals surface area contributed by atoms with Crippen molar-refractivity contribution in [1.29, 1.82) is 0 Å². The predicted octanol–water partition coefficient (Wildman–Crippen LogP) is 2.20. The Kier molecular flexibility index (Phi) is 2.70. The highest BCUT2D eigenvalue weighted by Crippen LogP contribution is 2.41. The van der Waals surface area contributed by atoms with Crippen LogP contribution in [0.25, 0.3) is 0 Å². The molecule has 9 heteroatoms. The van der Waals surface area contributed by atoms with Gasteiger partial charge in [0.2, 0.25) is 5.66 Å². The number of carbonyl (C=O) groups excluding carboxylic acids is 2. The summed E-state index contributed by atoms with van der Waals surface area (Å²) in [7, 11) is 0. The molecule has 3 N–H and O–H groups in total. The maximum absolute atomic E-state index is 13.6. The molecule has 0 fully saturated rings. The zero-order valence-corrected chi connectivity index (χ0v) is 11.6. The molecule has 0 bridgehead atoms. The number of nitrogens with one attached hydrogen (secondary N) is 3. The number of fused-ring (bicyclic) bond motifs is 3. The van der Waals surface area contributed by atoms with E-state index >= 15 is 0 Å². The molecule has 2 amide bonds. The number of hydrogen-bond donors (Lipinski definition) is 3. The van der Waals surface area contributed by atoms with E-state index in [0.29, 0.717) is 6.07 Å². The van der Waals surface area contributed by atoms with Crippen LogP contribution in [0.15, 0.2) is 24.3 Å². The van der Waals surface area contributed by atoms with Crippen molar-refractivity contribution in [2.75, 3.05) is 10.6 Å². The summed E-state index contributed by atoms with van der Waals surface area (Å²) in [6, 6.07) is 2.92. The van der Waals surface area contributed by atoms with E-state index in [1.165, 1.54) is 0 Å². The topological polar surface area (TPSA) is 70.2 Å². The van der Waals surface area contributed by atoms with E-state index in [2.05, 4.69) is 16.0 Å². The Balaban J connectivity index is 1.92. The number of amides is 2. The van der Waals surface area contributed by atoms with Crippen LogP contribution in [0.2, 0.25) is 0 Å². The molecule has 4 rings (SSSR count). The molecule has 2 aromatic carbocycles. The van der Waals surface area contributed by atoms with Crippen LogP contribution in [-0.2, 0) is 10.5 Å². The molecule has 2 aromatic rings. The van der Waals surface area contributed by atoms with E-state index in [-0.39, 0.29) is 22.5 Å². The van der Waals surface area contributed by atoms with Crippen molar-refractivity contribution >= 4 is 23.2 Å². The fourth-order valence-electron chi connectivity index (χ4n) is 2.86. The molecule has 2 heterocycles. The summed E-state index contributed by atoms with van der Waals surface area (Å²) in [6.07, 6.45) is 0. The Morgan fingerprint density at radius 2 is 1.33 bits per heavy atom. The second-order valence-electron chi connectivity index (χ2n) is 5.41. The van der Waals surface area contributed by atoms with Gasteiger partial charge in [-0.1, -0.05) is 0 Å². The van der Waals surface area contributed by atoms with Gasteiger partial charge in [0.15, 0.2) is 23.3 Å². The van der Waals surface area contributed by atoms with Crippen LogP contribution in [0.1, 0.15) is 15.9 Å². The number of rotatable bonds is 0. The van der Waals surface area contributed by atoms with Crippen LogP contribution in [0.3, 0.4) is 0 Å². The molecule has 1 spiro atoms. The molecule has 122 valence electrons. The van der Waals surface area contributed by atoms with Crippen molar-refractivity contribution in [3.8, 4) is 0 Å². The first-order chi connectivity index (χ1) is 11.3. The summed E-state index contributed by atoms with van der Waals surface area (Å²) in [5, 5.41) is 7.20. The van der Waals surface area contributed by atoms with Crippen LogP contribution < -0.4 is 16.0 Å². The summed E-state index contributed by atoms with van der Waals surface area (Å²) in [4.78, 5) is 24.6. The van der Waals surface area contributed by atoms with Crippen LogP contribution in [0.5, 0.6) is 0 Å². The molecular formula is C15H7F4N3O2. The first-order valence-electron chi connectivity index (χ1n) is 6.72. The molecule has 24 heavy (non-hydrogen) atoms. The smallest absolute Gasteiger partial charge is 0.275 e. The van der Waals surface area contributed by atoms with Gasteiger partial charge in [-0.15, -0.1) is 0 Å². The van der Waals surface area contributed by atoms with Crippen molar-refractivity contribution < 1.29 is 27.2 Å². The van der Waals surface area contributed by atoms with E-state index in [9.17, 15) is 27.2 Å². The quantitative estimate of drug-likeness (QED) is 0.646. The van der Waals surface area contributed by atoms with Crippen LogP contribution >= 0.6 is 0 Å². The monoisotopic (exact) mass is 337 g/mol. The Labute approximate surface area is 131 Å². The molecular weight excluding hydrogens is 330 g/mol. The fraction of sp³-hybridized carbons (Fsp3) is 0.0667. The maximum Gasteiger partial charge on any atom is 0.275 e. The number of anilines is 2. The lowest BCUT2D eigenvalue weighted by Crippen LogP contribution is -2.59. The van der Waals surface area contributed by atoms with E-state index in [4.69, 9.17) is 0 Å². The third kappa shape index (κ3) is 1.75. The lowest BCUT2D eigenvalue weighted by atomic mass is 9.95. The van der Waals surface area contributed by atoms with Crippen molar-refractivity contribution in [2.45, 2.75) is 5.66 Å². The van der Waals surface area contributed by atoms with Gasteiger partial charge < -0.3 is 16.0 Å². The van der Waals surface area contributed by atoms with Gasteiger partial charge in [0.1, 0.15) is 0 Å². The number of benzene rings is 2. The van der Waals surface area contributed by atoms with Crippen LogP contribution in [-0.4, -0.2) is 11.8 Å². The lowest BCUT2D eigenvalue weighted by molar-refractivity contribution is -0.120. The van der Waals surface area contributed by atoms with Crippen LogP contribution in [0.4, 0.5) is 28.9 Å². The third-order valence-corrected chi connectivity index (χ3v) is 3.98. The second kappa shape index (κ2) is 4.47. The van der Waals surface area contributed by atoms with E-state index < -0.39 is 40.7 Å². The van der Waals surface area contributed by atoms with Crippen molar-refractivity contribution in [1.82, 2.24) is 5.32 Å². The Bertz CT molecular complexity index is 947. The van der Waals surface area contributed by atoms with Crippen molar-refractivity contribution in [2.24, 2.45) is 0 Å². The minimum atomic E-state index is -1.95. The van der Waals surface area contributed by atoms with E-state index in [1.54, 1.807) is 0 Å². The van der Waals surface area contributed by atoms with Gasteiger partial charge >= 0.3 is 0 Å². The standard InChI is InChI=1S/C15H7F4N3O2/c16-7-1-5-11(3-9(7)18)21-15(22-13(5)23)6-2-8(17)10(19)4-12(6)20-14(15)24/h1-4,21H,(H,20,24)(H,22,23). The first-order valence-corrected chi connectivity index (χ1v) is 6.72. The molecule has 0 aliphatic carbocycles. The average molecular weight is 337 g/mol. The predicted molar refractivity (Wildman–Crippen MR) is 74.1 cm³/mol. The molecule has 2 aliphatic heterocycles. The minimum Gasteiger partial charge on any atom is -0.350 e. The highest BCUT2D eigenvalue weighted by molar-refractivity contribution is 6.14. The highest BCUT2D eigenvalue weighted by atomic mass is 19.2. The summed E-state index contributed by atoms with van der Waals surface area (Å²) in [5.41, 5.74) is -2.43. The molecule has 2 aliphatic rings. The van der Waals surface area contributed by atoms with Gasteiger partial charge in [0.25, 0.3) is 11.8 Å². The molecule has 0 radical (unpaired) electrons. The second-order valence-corrected chi connectivity index (χ2v) is 5.41. The Morgan fingerprint density at radius 3 is 2.04 bits per heavy atom. The minimum absolute atomic E-state index is 0.0438. The van der Waals surface area contributed by atoms with Crippen LogP contribution in [0, 0.1) is 23.3 Å². The third-order valence-electron chi connectivity index (χ3n) is 3.98. The summed E-state index contributed by atoms with van der Waals surface area (Å²) >= 11 is 0. The number of halogens is 4. The average Bonchev–Trinajstić information content (AvgIpc) is 2.74. The lowest BCUT2D eigenvalue weighted by Gasteiger charge is -2.35. The first kappa shape index (κ1) is 14.5. The molecule has 0 saturated carbocycles. The number of carbonyl (C=O) groups is 2.